The molecule has 0 fully saturated rings. The first-order chi connectivity index (χ1) is 7.41. The van der Waals surface area contributed by atoms with Gasteiger partial charge in [-0.2, -0.15) is 0 Å². The van der Waals surface area contributed by atoms with Gasteiger partial charge in [0.2, 0.25) is 0 Å². The van der Waals surface area contributed by atoms with Crippen LogP contribution >= 0.6 is 15.9 Å². The molecule has 3 nitrogen and oxygen atoms in total. The third-order valence-electron chi connectivity index (χ3n) is 2.28. The van der Waals surface area contributed by atoms with E-state index in [2.05, 4.69) is 15.9 Å². The number of furan rings is 1. The molecule has 0 spiro atoms. The monoisotopic (exact) mass is 288 g/mol. The van der Waals surface area contributed by atoms with Crippen molar-refractivity contribution in [3.8, 4) is 0 Å². The van der Waals surface area contributed by atoms with Gasteiger partial charge >= 0.3 is 5.97 Å². The molecule has 1 heterocycles. The number of hydrogen-bond acceptors (Lipinski definition) is 3. The molecule has 0 aromatic carbocycles. The van der Waals surface area contributed by atoms with E-state index in [0.717, 1.165) is 5.56 Å². The lowest BCUT2D eigenvalue weighted by atomic mass is 9.86. The topological polar surface area (TPSA) is 39.4 Å². The van der Waals surface area contributed by atoms with Crippen molar-refractivity contribution in [2.24, 2.45) is 0 Å². The minimum Gasteiger partial charge on any atom is -0.467 e. The zero-order chi connectivity index (χ0) is 12.3. The lowest BCUT2D eigenvalue weighted by Crippen LogP contribution is -2.17. The maximum atomic E-state index is 11.8. The van der Waals surface area contributed by atoms with Gasteiger partial charge in [-0.15, -0.1) is 0 Å². The normalized spacial score (nSPS) is 11.6. The van der Waals surface area contributed by atoms with Gasteiger partial charge in [-0.05, 0) is 12.3 Å². The van der Waals surface area contributed by atoms with E-state index < -0.39 is 0 Å². The summed E-state index contributed by atoms with van der Waals surface area (Å²) in [6.45, 7) is 8.29. The minimum atomic E-state index is -0.310. The number of alkyl halides is 1. The number of carbonyl (C=O) groups excluding carboxylic acids is 1. The summed E-state index contributed by atoms with van der Waals surface area (Å²) in [5, 5.41) is 0.511. The third-order valence-corrected chi connectivity index (χ3v) is 2.79. The fourth-order valence-electron chi connectivity index (χ4n) is 1.48. The number of ether oxygens (including phenoxy) is 1. The van der Waals surface area contributed by atoms with Crippen LogP contribution in [0.25, 0.3) is 0 Å². The number of carbonyl (C=O) groups is 1. The first-order valence-electron chi connectivity index (χ1n) is 5.25. The zero-order valence-electron chi connectivity index (χ0n) is 10.1. The molecule has 0 saturated carbocycles. The molecule has 0 amide bonds. The molecule has 4 heteroatoms. The SMILES string of the molecule is CCOC(=O)c1c(C(C)(C)C)coc1CBr. The highest BCUT2D eigenvalue weighted by Gasteiger charge is 2.28. The van der Waals surface area contributed by atoms with Crippen LogP contribution in [0.4, 0.5) is 0 Å². The molecular weight excluding hydrogens is 272 g/mol. The van der Waals surface area contributed by atoms with E-state index in [1.807, 2.05) is 20.8 Å². The van der Waals surface area contributed by atoms with Crippen LogP contribution in [0.1, 0.15) is 49.4 Å². The molecular formula is C12H17BrO3. The molecule has 0 saturated heterocycles. The first-order valence-corrected chi connectivity index (χ1v) is 6.37. The van der Waals surface area contributed by atoms with Crippen LogP contribution < -0.4 is 0 Å². The van der Waals surface area contributed by atoms with Crippen LogP contribution in [0.5, 0.6) is 0 Å². The molecule has 16 heavy (non-hydrogen) atoms. The fourth-order valence-corrected chi connectivity index (χ4v) is 1.89. The van der Waals surface area contributed by atoms with E-state index >= 15 is 0 Å². The maximum Gasteiger partial charge on any atom is 0.342 e. The second-order valence-corrected chi connectivity index (χ2v) is 5.11. The van der Waals surface area contributed by atoms with Crippen molar-refractivity contribution in [3.05, 3.63) is 23.2 Å². The number of esters is 1. The summed E-state index contributed by atoms with van der Waals surface area (Å²) in [5.74, 6) is 0.319. The quantitative estimate of drug-likeness (QED) is 0.630. The van der Waals surface area contributed by atoms with Crippen LogP contribution in [0.15, 0.2) is 10.7 Å². The van der Waals surface area contributed by atoms with Crippen molar-refractivity contribution in [3.63, 3.8) is 0 Å². The Morgan fingerprint density at radius 2 is 2.12 bits per heavy atom. The summed E-state index contributed by atoms with van der Waals surface area (Å²) in [7, 11) is 0. The highest BCUT2D eigenvalue weighted by molar-refractivity contribution is 9.08. The molecule has 0 N–H and O–H groups in total. The second kappa shape index (κ2) is 5.04. The molecule has 0 bridgehead atoms. The molecule has 1 rings (SSSR count). The van der Waals surface area contributed by atoms with Gasteiger partial charge in [-0.25, -0.2) is 4.79 Å². The highest BCUT2D eigenvalue weighted by atomic mass is 79.9. The lowest BCUT2D eigenvalue weighted by Gasteiger charge is -2.18. The van der Waals surface area contributed by atoms with Crippen molar-refractivity contribution in [2.75, 3.05) is 6.61 Å². The van der Waals surface area contributed by atoms with E-state index in [9.17, 15) is 4.79 Å². The van der Waals surface area contributed by atoms with Crippen molar-refractivity contribution >= 4 is 21.9 Å². The smallest absolute Gasteiger partial charge is 0.342 e. The molecule has 0 aliphatic carbocycles. The predicted molar refractivity (Wildman–Crippen MR) is 66.0 cm³/mol. The average Bonchev–Trinajstić information content (AvgIpc) is 2.60. The molecule has 0 aliphatic rings. The Labute approximate surface area is 104 Å². The van der Waals surface area contributed by atoms with Gasteiger partial charge in [0.25, 0.3) is 0 Å². The van der Waals surface area contributed by atoms with Gasteiger partial charge in [0.1, 0.15) is 11.3 Å². The van der Waals surface area contributed by atoms with Crippen molar-refractivity contribution < 1.29 is 13.9 Å². The lowest BCUT2D eigenvalue weighted by molar-refractivity contribution is 0.0522. The Balaban J connectivity index is 3.21. The van der Waals surface area contributed by atoms with E-state index in [0.29, 0.717) is 23.3 Å². The van der Waals surface area contributed by atoms with Crippen molar-refractivity contribution in [2.45, 2.75) is 38.4 Å². The molecule has 1 aromatic rings. The maximum absolute atomic E-state index is 11.8. The van der Waals surface area contributed by atoms with E-state index in [1.54, 1.807) is 13.2 Å². The number of hydrogen-bond donors (Lipinski definition) is 0. The second-order valence-electron chi connectivity index (χ2n) is 4.55. The largest absolute Gasteiger partial charge is 0.467 e. The minimum absolute atomic E-state index is 0.133. The van der Waals surface area contributed by atoms with E-state index in [1.165, 1.54) is 0 Å². The highest BCUT2D eigenvalue weighted by Crippen LogP contribution is 2.31. The van der Waals surface area contributed by atoms with Gasteiger partial charge in [0.05, 0.1) is 18.2 Å². The van der Waals surface area contributed by atoms with Gasteiger partial charge in [-0.3, -0.25) is 0 Å². The van der Waals surface area contributed by atoms with Crippen LogP contribution in [0.2, 0.25) is 0 Å². The third kappa shape index (κ3) is 2.67. The summed E-state index contributed by atoms with van der Waals surface area (Å²) in [6.07, 6.45) is 1.64. The van der Waals surface area contributed by atoms with Crippen LogP contribution in [0, 0.1) is 0 Å². The first kappa shape index (κ1) is 13.3. The van der Waals surface area contributed by atoms with Gasteiger partial charge in [0.15, 0.2) is 0 Å². The molecule has 1 aromatic heterocycles. The average molecular weight is 289 g/mol. The standard InChI is InChI=1S/C12H17BrO3/c1-5-15-11(14)10-8(12(2,3)4)7-16-9(10)6-13/h7H,5-6H2,1-4H3. The van der Waals surface area contributed by atoms with Crippen LogP contribution in [0.3, 0.4) is 0 Å². The van der Waals surface area contributed by atoms with Gasteiger partial charge in [0, 0.05) is 5.56 Å². The number of halogens is 1. The molecule has 0 aliphatic heterocycles. The van der Waals surface area contributed by atoms with E-state index in [-0.39, 0.29) is 11.4 Å². The van der Waals surface area contributed by atoms with Gasteiger partial charge < -0.3 is 9.15 Å². The number of rotatable bonds is 3. The summed E-state index contributed by atoms with van der Waals surface area (Å²) in [4.78, 5) is 11.8. The Morgan fingerprint density at radius 1 is 1.50 bits per heavy atom. The molecule has 0 radical (unpaired) electrons. The molecule has 90 valence electrons. The Morgan fingerprint density at radius 3 is 2.56 bits per heavy atom. The predicted octanol–water partition coefficient (Wildman–Crippen LogP) is 3.65. The summed E-state index contributed by atoms with van der Waals surface area (Å²) in [5.41, 5.74) is 1.32. The Bertz CT molecular complexity index is 374. The van der Waals surface area contributed by atoms with Crippen LogP contribution in [-0.4, -0.2) is 12.6 Å². The van der Waals surface area contributed by atoms with Crippen molar-refractivity contribution in [1.82, 2.24) is 0 Å². The Kier molecular flexibility index (Phi) is 4.19. The molecule has 0 atom stereocenters. The van der Waals surface area contributed by atoms with E-state index in [4.69, 9.17) is 9.15 Å². The summed E-state index contributed by atoms with van der Waals surface area (Å²) >= 11 is 3.31. The molecule has 0 unspecified atom stereocenters. The zero-order valence-corrected chi connectivity index (χ0v) is 11.7. The summed E-state index contributed by atoms with van der Waals surface area (Å²) < 4.78 is 10.4. The summed E-state index contributed by atoms with van der Waals surface area (Å²) in [6, 6.07) is 0. The fraction of sp³-hybridized carbons (Fsp3) is 0.583. The Hall–Kier alpha value is -0.770. The van der Waals surface area contributed by atoms with Gasteiger partial charge in [-0.1, -0.05) is 36.7 Å². The van der Waals surface area contributed by atoms with Crippen molar-refractivity contribution in [1.29, 1.82) is 0 Å². The van der Waals surface area contributed by atoms with Crippen LogP contribution in [-0.2, 0) is 15.5 Å².